The van der Waals surface area contributed by atoms with Gasteiger partial charge in [0.15, 0.2) is 0 Å². The minimum absolute atomic E-state index is 0.130. The van der Waals surface area contributed by atoms with E-state index >= 15 is 0 Å². The van der Waals surface area contributed by atoms with Gasteiger partial charge in [0.2, 0.25) is 0 Å². The summed E-state index contributed by atoms with van der Waals surface area (Å²) in [5.74, 6) is -1.09. The summed E-state index contributed by atoms with van der Waals surface area (Å²) in [6, 6.07) is 18.2. The highest BCUT2D eigenvalue weighted by Gasteiger charge is 2.40. The summed E-state index contributed by atoms with van der Waals surface area (Å²) in [4.78, 5) is 27.8. The first-order chi connectivity index (χ1) is 15.4. The van der Waals surface area contributed by atoms with Gasteiger partial charge in [-0.2, -0.15) is 0 Å². The zero-order valence-corrected chi connectivity index (χ0v) is 18.2. The summed E-state index contributed by atoms with van der Waals surface area (Å²) >= 11 is 5.90. The highest BCUT2D eigenvalue weighted by Crippen LogP contribution is 2.35. The standard InChI is InChI=1S/C25H20ClFN2O3/c1-3-15-4-8-17(9-5-15)28-23-22(16-6-11-19(32-2)12-7-16)24(30)29(25(23)31)18-10-13-21(27)20(26)14-18/h4-14,28H,3H2,1-2H3. The van der Waals surface area contributed by atoms with E-state index in [4.69, 9.17) is 16.3 Å². The monoisotopic (exact) mass is 450 g/mol. The summed E-state index contributed by atoms with van der Waals surface area (Å²) in [6.07, 6.45) is 0.886. The van der Waals surface area contributed by atoms with Gasteiger partial charge in [-0.05, 0) is 60.0 Å². The fraction of sp³-hybridized carbons (Fsp3) is 0.120. The zero-order valence-electron chi connectivity index (χ0n) is 17.5. The van der Waals surface area contributed by atoms with Crippen LogP contribution in [0.15, 0.2) is 72.4 Å². The lowest BCUT2D eigenvalue weighted by Gasteiger charge is -2.16. The van der Waals surface area contributed by atoms with Crippen LogP contribution in [0.3, 0.4) is 0 Å². The van der Waals surface area contributed by atoms with Crippen LogP contribution in [0.5, 0.6) is 5.75 Å². The van der Waals surface area contributed by atoms with Crippen LogP contribution in [0.25, 0.3) is 5.57 Å². The number of halogens is 2. The molecule has 0 spiro atoms. The molecule has 0 radical (unpaired) electrons. The molecule has 3 aromatic rings. The third-order valence-corrected chi connectivity index (χ3v) is 5.55. The SMILES string of the molecule is CCc1ccc(NC2=C(c3ccc(OC)cc3)C(=O)N(c3ccc(F)c(Cl)c3)C2=O)cc1. The fourth-order valence-corrected chi connectivity index (χ4v) is 3.67. The number of ether oxygens (including phenoxy) is 1. The van der Waals surface area contributed by atoms with Crippen molar-refractivity contribution in [3.05, 3.63) is 94.4 Å². The van der Waals surface area contributed by atoms with E-state index in [2.05, 4.69) is 12.2 Å². The molecule has 0 fully saturated rings. The predicted molar refractivity (Wildman–Crippen MR) is 123 cm³/mol. The van der Waals surface area contributed by atoms with E-state index in [1.165, 1.54) is 12.1 Å². The molecule has 7 heteroatoms. The quantitative estimate of drug-likeness (QED) is 0.507. The first-order valence-electron chi connectivity index (χ1n) is 10.0. The van der Waals surface area contributed by atoms with Crippen LogP contribution in [0, 0.1) is 5.82 Å². The van der Waals surface area contributed by atoms with Gasteiger partial charge < -0.3 is 10.1 Å². The Labute approximate surface area is 190 Å². The molecule has 5 nitrogen and oxygen atoms in total. The Morgan fingerprint density at radius 3 is 2.25 bits per heavy atom. The summed E-state index contributed by atoms with van der Waals surface area (Å²) < 4.78 is 18.9. The molecule has 32 heavy (non-hydrogen) atoms. The molecule has 162 valence electrons. The number of imide groups is 1. The molecule has 0 aromatic heterocycles. The molecule has 3 aromatic carbocycles. The first kappa shape index (κ1) is 21.6. The minimum Gasteiger partial charge on any atom is -0.497 e. The smallest absolute Gasteiger partial charge is 0.282 e. The molecule has 1 N–H and O–H groups in total. The molecule has 1 aliphatic heterocycles. The maximum atomic E-state index is 13.7. The summed E-state index contributed by atoms with van der Waals surface area (Å²) in [6.45, 7) is 2.05. The van der Waals surface area contributed by atoms with Gasteiger partial charge in [0.25, 0.3) is 11.8 Å². The van der Waals surface area contributed by atoms with E-state index in [1.54, 1.807) is 31.4 Å². The van der Waals surface area contributed by atoms with Crippen molar-refractivity contribution in [2.24, 2.45) is 0 Å². The van der Waals surface area contributed by atoms with Crippen molar-refractivity contribution in [1.29, 1.82) is 0 Å². The van der Waals surface area contributed by atoms with Crippen LogP contribution in [0.1, 0.15) is 18.1 Å². The molecular formula is C25H20ClFN2O3. The third-order valence-electron chi connectivity index (χ3n) is 5.26. The normalized spacial score (nSPS) is 13.7. The van der Waals surface area contributed by atoms with Gasteiger partial charge in [-0.1, -0.05) is 42.8 Å². The molecule has 4 rings (SSSR count). The molecular weight excluding hydrogens is 431 g/mol. The molecule has 0 atom stereocenters. The molecule has 1 aliphatic rings. The Bertz CT molecular complexity index is 1220. The van der Waals surface area contributed by atoms with E-state index < -0.39 is 17.6 Å². The van der Waals surface area contributed by atoms with Crippen molar-refractivity contribution < 1.29 is 18.7 Å². The van der Waals surface area contributed by atoms with E-state index in [9.17, 15) is 14.0 Å². The van der Waals surface area contributed by atoms with E-state index in [0.717, 1.165) is 23.0 Å². The van der Waals surface area contributed by atoms with Gasteiger partial charge in [0.1, 0.15) is 17.3 Å². The Balaban J connectivity index is 1.79. The Hall–Kier alpha value is -3.64. The lowest BCUT2D eigenvalue weighted by molar-refractivity contribution is -0.120. The summed E-state index contributed by atoms with van der Waals surface area (Å²) in [5.41, 5.74) is 2.89. The van der Waals surface area contributed by atoms with Crippen molar-refractivity contribution in [1.82, 2.24) is 0 Å². The number of methoxy groups -OCH3 is 1. The Morgan fingerprint density at radius 2 is 1.66 bits per heavy atom. The molecule has 0 aliphatic carbocycles. The van der Waals surface area contributed by atoms with Gasteiger partial charge in [-0.25, -0.2) is 9.29 Å². The van der Waals surface area contributed by atoms with Crippen molar-refractivity contribution in [3.8, 4) is 5.75 Å². The maximum Gasteiger partial charge on any atom is 0.282 e. The summed E-state index contributed by atoms with van der Waals surface area (Å²) in [5, 5.41) is 2.93. The highest BCUT2D eigenvalue weighted by molar-refractivity contribution is 6.46. The highest BCUT2D eigenvalue weighted by atomic mass is 35.5. The maximum absolute atomic E-state index is 13.7. The largest absolute Gasteiger partial charge is 0.497 e. The predicted octanol–water partition coefficient (Wildman–Crippen LogP) is 5.45. The van der Waals surface area contributed by atoms with Crippen LogP contribution in [0.2, 0.25) is 5.02 Å². The van der Waals surface area contributed by atoms with Crippen LogP contribution in [0.4, 0.5) is 15.8 Å². The van der Waals surface area contributed by atoms with Crippen LogP contribution in [-0.2, 0) is 16.0 Å². The number of anilines is 2. The number of nitrogens with one attached hydrogen (secondary N) is 1. The number of benzene rings is 3. The average molecular weight is 451 g/mol. The van der Waals surface area contributed by atoms with Crippen molar-refractivity contribution >= 4 is 40.4 Å². The number of carbonyl (C=O) groups excluding carboxylic acids is 2. The molecule has 0 saturated heterocycles. The second-order valence-electron chi connectivity index (χ2n) is 7.20. The Morgan fingerprint density at radius 1 is 0.969 bits per heavy atom. The second kappa shape index (κ2) is 8.85. The molecule has 1 heterocycles. The van der Waals surface area contributed by atoms with Gasteiger partial charge in [-0.3, -0.25) is 9.59 Å². The first-order valence-corrected chi connectivity index (χ1v) is 10.4. The van der Waals surface area contributed by atoms with Gasteiger partial charge >= 0.3 is 0 Å². The topological polar surface area (TPSA) is 58.6 Å². The number of amides is 2. The van der Waals surface area contributed by atoms with Gasteiger partial charge in [-0.15, -0.1) is 0 Å². The molecule has 0 saturated carbocycles. The van der Waals surface area contributed by atoms with E-state index in [-0.39, 0.29) is 22.0 Å². The van der Waals surface area contributed by atoms with Crippen molar-refractivity contribution in [2.75, 3.05) is 17.3 Å². The summed E-state index contributed by atoms with van der Waals surface area (Å²) in [7, 11) is 1.55. The fourth-order valence-electron chi connectivity index (χ4n) is 3.50. The number of hydrogen-bond acceptors (Lipinski definition) is 4. The van der Waals surface area contributed by atoms with Gasteiger partial charge in [0.05, 0.1) is 23.4 Å². The number of hydrogen-bond donors (Lipinski definition) is 1. The lowest BCUT2D eigenvalue weighted by atomic mass is 10.0. The van der Waals surface area contributed by atoms with Gasteiger partial charge in [0, 0.05) is 5.69 Å². The molecule has 2 amide bonds. The minimum atomic E-state index is -0.632. The van der Waals surface area contributed by atoms with E-state index in [1.807, 2.05) is 24.3 Å². The third kappa shape index (κ3) is 3.97. The molecule has 0 unspecified atom stereocenters. The number of nitrogens with zero attached hydrogens (tertiary/aromatic N) is 1. The lowest BCUT2D eigenvalue weighted by Crippen LogP contribution is -2.32. The Kier molecular flexibility index (Phi) is 5.97. The zero-order chi connectivity index (χ0) is 22.8. The van der Waals surface area contributed by atoms with Crippen molar-refractivity contribution in [2.45, 2.75) is 13.3 Å². The number of aryl methyl sites for hydroxylation is 1. The average Bonchev–Trinajstić information content (AvgIpc) is 3.05. The van der Waals surface area contributed by atoms with E-state index in [0.29, 0.717) is 17.0 Å². The number of carbonyl (C=O) groups is 2. The van der Waals surface area contributed by atoms with Crippen LogP contribution < -0.4 is 15.0 Å². The van der Waals surface area contributed by atoms with Crippen LogP contribution >= 0.6 is 11.6 Å². The van der Waals surface area contributed by atoms with Crippen molar-refractivity contribution in [3.63, 3.8) is 0 Å². The van der Waals surface area contributed by atoms with Crippen LogP contribution in [-0.4, -0.2) is 18.9 Å². The second-order valence-corrected chi connectivity index (χ2v) is 7.61. The number of rotatable bonds is 6. The molecule has 0 bridgehead atoms.